The predicted octanol–water partition coefficient (Wildman–Crippen LogP) is 3.00. The van der Waals surface area contributed by atoms with E-state index >= 15 is 0 Å². The molecule has 96 valence electrons. The van der Waals surface area contributed by atoms with Gasteiger partial charge >= 0.3 is 5.97 Å². The highest BCUT2D eigenvalue weighted by Crippen LogP contribution is 2.17. The molecule has 0 saturated carbocycles. The lowest BCUT2D eigenvalue weighted by Gasteiger charge is -2.36. The quantitative estimate of drug-likeness (QED) is 0.695. The van der Waals surface area contributed by atoms with E-state index in [4.69, 9.17) is 5.11 Å². The van der Waals surface area contributed by atoms with Crippen molar-refractivity contribution in [2.24, 2.45) is 5.92 Å². The van der Waals surface area contributed by atoms with Gasteiger partial charge in [0.1, 0.15) is 0 Å². The molecule has 1 N–H and O–H groups in total. The Labute approximate surface area is 99.8 Å². The molecule has 0 rings (SSSR count). The van der Waals surface area contributed by atoms with E-state index in [1.807, 2.05) is 0 Å². The van der Waals surface area contributed by atoms with Crippen molar-refractivity contribution in [1.82, 2.24) is 4.90 Å². The van der Waals surface area contributed by atoms with E-state index < -0.39 is 5.97 Å². The molecule has 0 spiro atoms. The van der Waals surface area contributed by atoms with Gasteiger partial charge in [-0.1, -0.05) is 20.3 Å². The minimum Gasteiger partial charge on any atom is -0.481 e. The van der Waals surface area contributed by atoms with Crippen LogP contribution in [0.5, 0.6) is 0 Å². The molecule has 0 aromatic rings. The minimum absolute atomic E-state index is 0.274. The van der Waals surface area contributed by atoms with Gasteiger partial charge in [0.2, 0.25) is 0 Å². The van der Waals surface area contributed by atoms with Crippen molar-refractivity contribution in [3.63, 3.8) is 0 Å². The van der Waals surface area contributed by atoms with Crippen LogP contribution >= 0.6 is 0 Å². The van der Waals surface area contributed by atoms with Crippen molar-refractivity contribution in [3.05, 3.63) is 0 Å². The smallest absolute Gasteiger partial charge is 0.303 e. The summed E-state index contributed by atoms with van der Waals surface area (Å²) in [5.74, 6) is -0.0351. The molecule has 0 aromatic heterocycles. The van der Waals surface area contributed by atoms with Crippen LogP contribution in [-0.4, -0.2) is 34.6 Å². The van der Waals surface area contributed by atoms with E-state index in [2.05, 4.69) is 39.5 Å². The third-order valence-electron chi connectivity index (χ3n) is 3.46. The number of rotatable bonds is 8. The van der Waals surface area contributed by atoms with Crippen molar-refractivity contribution >= 4 is 5.97 Å². The van der Waals surface area contributed by atoms with E-state index in [1.54, 1.807) is 0 Å². The molecule has 3 heteroatoms. The maximum absolute atomic E-state index is 10.5. The number of carboxylic acids is 1. The SMILES string of the molecule is CCC(C)C(C)N(CCCC(=O)O)C(C)C. The first kappa shape index (κ1) is 15.4. The van der Waals surface area contributed by atoms with Crippen LogP contribution in [0, 0.1) is 5.92 Å². The summed E-state index contributed by atoms with van der Waals surface area (Å²) in [6.07, 6.45) is 2.19. The summed E-state index contributed by atoms with van der Waals surface area (Å²) in [6, 6.07) is 1.01. The molecular formula is C13H27NO2. The monoisotopic (exact) mass is 229 g/mol. The maximum Gasteiger partial charge on any atom is 0.303 e. The first-order valence-corrected chi connectivity index (χ1v) is 6.37. The van der Waals surface area contributed by atoms with Crippen molar-refractivity contribution < 1.29 is 9.90 Å². The van der Waals surface area contributed by atoms with Crippen LogP contribution in [0.15, 0.2) is 0 Å². The molecule has 2 atom stereocenters. The van der Waals surface area contributed by atoms with E-state index in [9.17, 15) is 4.79 Å². The molecule has 0 bridgehead atoms. The zero-order chi connectivity index (χ0) is 12.7. The Morgan fingerprint density at radius 1 is 1.25 bits per heavy atom. The van der Waals surface area contributed by atoms with E-state index in [1.165, 1.54) is 6.42 Å². The normalized spacial score (nSPS) is 15.4. The van der Waals surface area contributed by atoms with E-state index in [0.717, 1.165) is 13.0 Å². The van der Waals surface area contributed by atoms with E-state index in [0.29, 0.717) is 18.0 Å². The second-order valence-corrected chi connectivity index (χ2v) is 4.96. The number of hydrogen-bond donors (Lipinski definition) is 1. The highest BCUT2D eigenvalue weighted by atomic mass is 16.4. The number of hydrogen-bond acceptors (Lipinski definition) is 2. The second-order valence-electron chi connectivity index (χ2n) is 4.96. The Kier molecular flexibility index (Phi) is 7.39. The largest absolute Gasteiger partial charge is 0.481 e. The second kappa shape index (κ2) is 7.66. The first-order valence-electron chi connectivity index (χ1n) is 6.37. The third-order valence-corrected chi connectivity index (χ3v) is 3.46. The number of carboxylic acid groups (broad SMARTS) is 1. The van der Waals surface area contributed by atoms with Gasteiger partial charge in [0, 0.05) is 18.5 Å². The molecule has 0 saturated heterocycles. The van der Waals surface area contributed by atoms with Gasteiger partial charge in [0.15, 0.2) is 0 Å². The highest BCUT2D eigenvalue weighted by Gasteiger charge is 2.21. The Morgan fingerprint density at radius 3 is 2.19 bits per heavy atom. The minimum atomic E-state index is -0.695. The standard InChI is InChI=1S/C13H27NO2/c1-6-11(4)12(5)14(10(2)3)9-7-8-13(15)16/h10-12H,6-9H2,1-5H3,(H,15,16). The molecule has 0 heterocycles. The summed E-state index contributed by atoms with van der Waals surface area (Å²) in [5.41, 5.74) is 0. The van der Waals surface area contributed by atoms with Gasteiger partial charge < -0.3 is 5.11 Å². The summed E-state index contributed by atoms with van der Waals surface area (Å²) in [7, 11) is 0. The molecule has 2 unspecified atom stereocenters. The lowest BCUT2D eigenvalue weighted by atomic mass is 9.98. The van der Waals surface area contributed by atoms with Gasteiger partial charge in [0.25, 0.3) is 0 Å². The van der Waals surface area contributed by atoms with Gasteiger partial charge in [-0.2, -0.15) is 0 Å². The molecule has 16 heavy (non-hydrogen) atoms. The zero-order valence-corrected chi connectivity index (χ0v) is 11.4. The highest BCUT2D eigenvalue weighted by molar-refractivity contribution is 5.66. The Morgan fingerprint density at radius 2 is 1.81 bits per heavy atom. The maximum atomic E-state index is 10.5. The van der Waals surface area contributed by atoms with Crippen LogP contribution in [0.3, 0.4) is 0 Å². The Bertz CT molecular complexity index is 204. The van der Waals surface area contributed by atoms with Gasteiger partial charge in [0.05, 0.1) is 0 Å². The molecule has 0 aromatic carbocycles. The lowest BCUT2D eigenvalue weighted by Crippen LogP contribution is -2.42. The number of nitrogens with zero attached hydrogens (tertiary/aromatic N) is 1. The molecule has 0 fully saturated rings. The zero-order valence-electron chi connectivity index (χ0n) is 11.4. The topological polar surface area (TPSA) is 40.5 Å². The fourth-order valence-corrected chi connectivity index (χ4v) is 2.01. The van der Waals surface area contributed by atoms with Gasteiger partial charge in [-0.05, 0) is 39.7 Å². The molecule has 0 radical (unpaired) electrons. The summed E-state index contributed by atoms with van der Waals surface area (Å²) in [5, 5.41) is 8.64. The molecule has 0 amide bonds. The number of carbonyl (C=O) groups is 1. The van der Waals surface area contributed by atoms with Crippen LogP contribution in [0.1, 0.15) is 53.9 Å². The van der Waals surface area contributed by atoms with Gasteiger partial charge in [-0.3, -0.25) is 9.69 Å². The van der Waals surface area contributed by atoms with E-state index in [-0.39, 0.29) is 6.42 Å². The number of aliphatic carboxylic acids is 1. The summed E-state index contributed by atoms with van der Waals surface area (Å²) >= 11 is 0. The summed E-state index contributed by atoms with van der Waals surface area (Å²) in [6.45, 7) is 12.0. The predicted molar refractivity (Wildman–Crippen MR) is 67.6 cm³/mol. The first-order chi connectivity index (χ1) is 7.40. The Balaban J connectivity index is 4.21. The molecular weight excluding hydrogens is 202 g/mol. The van der Waals surface area contributed by atoms with Crippen LogP contribution < -0.4 is 0 Å². The van der Waals surface area contributed by atoms with Crippen molar-refractivity contribution in [1.29, 1.82) is 0 Å². The van der Waals surface area contributed by atoms with Crippen molar-refractivity contribution in [3.8, 4) is 0 Å². The van der Waals surface area contributed by atoms with Crippen LogP contribution in [0.2, 0.25) is 0 Å². The average molecular weight is 229 g/mol. The fourth-order valence-electron chi connectivity index (χ4n) is 2.01. The average Bonchev–Trinajstić information content (AvgIpc) is 2.21. The van der Waals surface area contributed by atoms with Crippen LogP contribution in [-0.2, 0) is 4.79 Å². The lowest BCUT2D eigenvalue weighted by molar-refractivity contribution is -0.137. The molecule has 0 aliphatic rings. The summed E-state index contributed by atoms with van der Waals surface area (Å²) in [4.78, 5) is 12.9. The Hall–Kier alpha value is -0.570. The molecule has 3 nitrogen and oxygen atoms in total. The van der Waals surface area contributed by atoms with Crippen molar-refractivity contribution in [2.45, 2.75) is 66.0 Å². The fraction of sp³-hybridized carbons (Fsp3) is 0.923. The third kappa shape index (κ3) is 5.50. The van der Waals surface area contributed by atoms with Gasteiger partial charge in [-0.15, -0.1) is 0 Å². The van der Waals surface area contributed by atoms with Crippen molar-refractivity contribution in [2.75, 3.05) is 6.54 Å². The molecule has 0 aliphatic carbocycles. The van der Waals surface area contributed by atoms with Crippen LogP contribution in [0.4, 0.5) is 0 Å². The summed E-state index contributed by atoms with van der Waals surface area (Å²) < 4.78 is 0. The van der Waals surface area contributed by atoms with Gasteiger partial charge in [-0.25, -0.2) is 0 Å². The van der Waals surface area contributed by atoms with Crippen LogP contribution in [0.25, 0.3) is 0 Å². The molecule has 0 aliphatic heterocycles.